The smallest absolute Gasteiger partial charge is 0.225 e. The number of aliphatic hydroxyl groups excluding tert-OH is 1. The monoisotopic (exact) mass is 305 g/mol. The van der Waals surface area contributed by atoms with Gasteiger partial charge in [-0.1, -0.05) is 31.1 Å². The number of hydrogen-bond acceptors (Lipinski definition) is 3. The molecule has 1 N–H and O–H groups in total. The van der Waals surface area contributed by atoms with Gasteiger partial charge in [-0.25, -0.2) is 0 Å². The Bertz CT molecular complexity index is 520. The van der Waals surface area contributed by atoms with Crippen molar-refractivity contribution in [1.82, 2.24) is 4.90 Å². The van der Waals surface area contributed by atoms with Crippen molar-refractivity contribution in [3.05, 3.63) is 21.9 Å². The number of aliphatic hydroxyl groups is 1. The molecule has 0 bridgehead atoms. The minimum atomic E-state index is 0.0998. The van der Waals surface area contributed by atoms with Gasteiger partial charge in [-0.3, -0.25) is 4.79 Å². The van der Waals surface area contributed by atoms with Gasteiger partial charge < -0.3 is 10.0 Å². The van der Waals surface area contributed by atoms with E-state index in [1.807, 2.05) is 23.4 Å². The molecule has 21 heavy (non-hydrogen) atoms. The van der Waals surface area contributed by atoms with E-state index in [1.54, 1.807) is 11.3 Å². The van der Waals surface area contributed by atoms with E-state index in [2.05, 4.69) is 11.8 Å². The Kier molecular flexibility index (Phi) is 6.28. The van der Waals surface area contributed by atoms with Crippen molar-refractivity contribution in [3.63, 3.8) is 0 Å². The van der Waals surface area contributed by atoms with Crippen LogP contribution in [0.4, 0.5) is 0 Å². The standard InChI is InChI=1S/C17H23NO2S/c1-18(17(20)15-8-3-2-4-9-15)12-16-11-14(13-21-16)7-5-6-10-19/h11,13,15,19H,2-4,6,8-10,12H2,1H3. The second-order valence-electron chi connectivity index (χ2n) is 5.61. The van der Waals surface area contributed by atoms with Crippen molar-refractivity contribution < 1.29 is 9.90 Å². The maximum atomic E-state index is 12.4. The van der Waals surface area contributed by atoms with Crippen LogP contribution >= 0.6 is 11.3 Å². The lowest BCUT2D eigenvalue weighted by Gasteiger charge is -2.26. The maximum absolute atomic E-state index is 12.4. The van der Waals surface area contributed by atoms with Crippen LogP contribution in [-0.4, -0.2) is 29.6 Å². The van der Waals surface area contributed by atoms with E-state index in [-0.39, 0.29) is 18.4 Å². The fraction of sp³-hybridized carbons (Fsp3) is 0.588. The summed E-state index contributed by atoms with van der Waals surface area (Å²) in [6.45, 7) is 0.768. The van der Waals surface area contributed by atoms with Gasteiger partial charge in [0.2, 0.25) is 5.91 Å². The first-order valence-corrected chi connectivity index (χ1v) is 8.51. The van der Waals surface area contributed by atoms with Gasteiger partial charge in [0.1, 0.15) is 0 Å². The van der Waals surface area contributed by atoms with Crippen molar-refractivity contribution in [2.24, 2.45) is 5.92 Å². The van der Waals surface area contributed by atoms with Crippen LogP contribution in [0.5, 0.6) is 0 Å². The van der Waals surface area contributed by atoms with Crippen molar-refractivity contribution in [2.45, 2.75) is 45.1 Å². The van der Waals surface area contributed by atoms with Crippen LogP contribution in [0.3, 0.4) is 0 Å². The molecule has 0 unspecified atom stereocenters. The third kappa shape index (κ3) is 4.87. The molecule has 3 nitrogen and oxygen atoms in total. The first-order valence-electron chi connectivity index (χ1n) is 7.63. The van der Waals surface area contributed by atoms with Crippen LogP contribution in [0.15, 0.2) is 11.4 Å². The zero-order valence-electron chi connectivity index (χ0n) is 12.6. The average Bonchev–Trinajstić information content (AvgIpc) is 2.95. The molecule has 0 aliphatic heterocycles. The van der Waals surface area contributed by atoms with Crippen molar-refractivity contribution in [2.75, 3.05) is 13.7 Å². The molecule has 114 valence electrons. The molecule has 0 atom stereocenters. The van der Waals surface area contributed by atoms with E-state index in [1.165, 1.54) is 19.3 Å². The Morgan fingerprint density at radius 3 is 2.90 bits per heavy atom. The van der Waals surface area contributed by atoms with E-state index in [0.717, 1.165) is 23.3 Å². The second-order valence-corrected chi connectivity index (χ2v) is 6.60. The summed E-state index contributed by atoms with van der Waals surface area (Å²) < 4.78 is 0. The normalized spacial score (nSPS) is 15.3. The van der Waals surface area contributed by atoms with Gasteiger partial charge in [-0.15, -0.1) is 11.3 Å². The zero-order chi connectivity index (χ0) is 15.1. The summed E-state index contributed by atoms with van der Waals surface area (Å²) in [5.74, 6) is 6.46. The number of carbonyl (C=O) groups is 1. The number of amides is 1. The molecule has 0 spiro atoms. The highest BCUT2D eigenvalue weighted by atomic mass is 32.1. The lowest BCUT2D eigenvalue weighted by Crippen LogP contribution is -2.33. The second kappa shape index (κ2) is 8.21. The van der Waals surface area contributed by atoms with Crippen LogP contribution < -0.4 is 0 Å². The molecule has 0 radical (unpaired) electrons. The van der Waals surface area contributed by atoms with Crippen LogP contribution in [-0.2, 0) is 11.3 Å². The van der Waals surface area contributed by atoms with Crippen molar-refractivity contribution in [1.29, 1.82) is 0 Å². The molecule has 1 aromatic heterocycles. The van der Waals surface area contributed by atoms with Crippen LogP contribution in [0.25, 0.3) is 0 Å². The van der Waals surface area contributed by atoms with E-state index in [0.29, 0.717) is 13.0 Å². The number of carbonyl (C=O) groups excluding carboxylic acids is 1. The quantitative estimate of drug-likeness (QED) is 0.869. The summed E-state index contributed by atoms with van der Waals surface area (Å²) >= 11 is 1.64. The van der Waals surface area contributed by atoms with Gasteiger partial charge in [0.05, 0.1) is 13.2 Å². The largest absolute Gasteiger partial charge is 0.395 e. The lowest BCUT2D eigenvalue weighted by molar-refractivity contribution is -0.135. The summed E-state index contributed by atoms with van der Waals surface area (Å²) in [5, 5.41) is 10.7. The number of hydrogen-bond donors (Lipinski definition) is 1. The molecule has 2 rings (SSSR count). The number of rotatable bonds is 4. The highest BCUT2D eigenvalue weighted by Crippen LogP contribution is 2.26. The topological polar surface area (TPSA) is 40.5 Å². The van der Waals surface area contributed by atoms with Gasteiger partial charge in [0.15, 0.2) is 0 Å². The van der Waals surface area contributed by atoms with Crippen molar-refractivity contribution in [3.8, 4) is 11.8 Å². The Balaban J connectivity index is 1.88. The molecule has 0 saturated heterocycles. The first kappa shape index (κ1) is 16.1. The van der Waals surface area contributed by atoms with Gasteiger partial charge in [-0.05, 0) is 18.9 Å². The first-order chi connectivity index (χ1) is 10.2. The molecular weight excluding hydrogens is 282 g/mol. The highest BCUT2D eigenvalue weighted by Gasteiger charge is 2.24. The fourth-order valence-electron chi connectivity index (χ4n) is 2.72. The van der Waals surface area contributed by atoms with Crippen molar-refractivity contribution >= 4 is 17.2 Å². The van der Waals surface area contributed by atoms with Gasteiger partial charge in [-0.2, -0.15) is 0 Å². The summed E-state index contributed by atoms with van der Waals surface area (Å²) in [7, 11) is 1.90. The third-order valence-electron chi connectivity index (χ3n) is 3.85. The number of nitrogens with zero attached hydrogens (tertiary/aromatic N) is 1. The van der Waals surface area contributed by atoms with Crippen LogP contribution in [0, 0.1) is 17.8 Å². The highest BCUT2D eigenvalue weighted by molar-refractivity contribution is 7.10. The van der Waals surface area contributed by atoms with Crippen LogP contribution in [0.2, 0.25) is 0 Å². The molecule has 1 heterocycles. The molecule has 1 amide bonds. The van der Waals surface area contributed by atoms with E-state index < -0.39 is 0 Å². The molecule has 1 fully saturated rings. The molecule has 1 aliphatic carbocycles. The minimum absolute atomic E-state index is 0.0998. The zero-order valence-corrected chi connectivity index (χ0v) is 13.4. The summed E-state index contributed by atoms with van der Waals surface area (Å²) in [6.07, 6.45) is 6.25. The Morgan fingerprint density at radius 1 is 1.43 bits per heavy atom. The minimum Gasteiger partial charge on any atom is -0.395 e. The molecular formula is C17H23NO2S. The molecule has 1 aliphatic rings. The van der Waals surface area contributed by atoms with E-state index >= 15 is 0 Å². The Labute approximate surface area is 131 Å². The Hall–Kier alpha value is -1.31. The van der Waals surface area contributed by atoms with Gasteiger partial charge in [0.25, 0.3) is 0 Å². The maximum Gasteiger partial charge on any atom is 0.225 e. The molecule has 0 aromatic carbocycles. The predicted octanol–water partition coefficient (Wildman–Crippen LogP) is 3.02. The summed E-state index contributed by atoms with van der Waals surface area (Å²) in [5.41, 5.74) is 0.974. The summed E-state index contributed by atoms with van der Waals surface area (Å²) in [6, 6.07) is 2.04. The summed E-state index contributed by atoms with van der Waals surface area (Å²) in [4.78, 5) is 15.4. The van der Waals surface area contributed by atoms with Gasteiger partial charge >= 0.3 is 0 Å². The lowest BCUT2D eigenvalue weighted by atomic mass is 9.88. The predicted molar refractivity (Wildman–Crippen MR) is 85.9 cm³/mol. The van der Waals surface area contributed by atoms with Crippen LogP contribution in [0.1, 0.15) is 49.0 Å². The average molecular weight is 305 g/mol. The molecule has 4 heteroatoms. The fourth-order valence-corrected chi connectivity index (χ4v) is 3.59. The van der Waals surface area contributed by atoms with Gasteiger partial charge in [0, 0.05) is 35.2 Å². The molecule has 1 aromatic rings. The SMILES string of the molecule is CN(Cc1cc(C#CCCO)cs1)C(=O)C1CCCCC1. The molecule has 1 saturated carbocycles. The Morgan fingerprint density at radius 2 is 2.19 bits per heavy atom. The third-order valence-corrected chi connectivity index (χ3v) is 4.77. The van der Waals surface area contributed by atoms with E-state index in [9.17, 15) is 4.79 Å². The van der Waals surface area contributed by atoms with E-state index in [4.69, 9.17) is 5.11 Å². The number of thiophene rings is 1.